The van der Waals surface area contributed by atoms with E-state index >= 15 is 0 Å². The van der Waals surface area contributed by atoms with E-state index in [1.807, 2.05) is 18.2 Å². The summed E-state index contributed by atoms with van der Waals surface area (Å²) in [5.41, 5.74) is 3.34. The monoisotopic (exact) mass is 218 g/mol. The SMILES string of the molecule is Cc1[nH]c(CCS)nc1-c1ccccc1. The van der Waals surface area contributed by atoms with Crippen LogP contribution < -0.4 is 0 Å². The third-order valence-corrected chi connectivity index (χ3v) is 2.55. The zero-order valence-corrected chi connectivity index (χ0v) is 9.59. The lowest BCUT2D eigenvalue weighted by Crippen LogP contribution is -1.88. The van der Waals surface area contributed by atoms with Crippen molar-refractivity contribution in [2.75, 3.05) is 5.75 Å². The number of rotatable bonds is 3. The topological polar surface area (TPSA) is 28.7 Å². The third-order valence-electron chi connectivity index (χ3n) is 2.33. The van der Waals surface area contributed by atoms with Crippen molar-refractivity contribution in [3.05, 3.63) is 41.9 Å². The number of benzene rings is 1. The number of aromatic nitrogens is 2. The predicted molar refractivity (Wildman–Crippen MR) is 66.3 cm³/mol. The lowest BCUT2D eigenvalue weighted by atomic mass is 10.1. The Hall–Kier alpha value is -1.22. The van der Waals surface area contributed by atoms with Crippen LogP contribution in [0.3, 0.4) is 0 Å². The molecule has 1 aromatic heterocycles. The summed E-state index contributed by atoms with van der Waals surface area (Å²) in [7, 11) is 0. The van der Waals surface area contributed by atoms with Crippen molar-refractivity contribution in [1.29, 1.82) is 0 Å². The van der Waals surface area contributed by atoms with Gasteiger partial charge in [0, 0.05) is 17.7 Å². The quantitative estimate of drug-likeness (QED) is 0.762. The Morgan fingerprint density at radius 3 is 2.67 bits per heavy atom. The van der Waals surface area contributed by atoms with E-state index in [9.17, 15) is 0 Å². The van der Waals surface area contributed by atoms with Gasteiger partial charge < -0.3 is 4.98 Å². The molecule has 0 saturated heterocycles. The summed E-state index contributed by atoms with van der Waals surface area (Å²) in [6, 6.07) is 10.2. The number of imidazole rings is 1. The van der Waals surface area contributed by atoms with Gasteiger partial charge in [-0.15, -0.1) is 0 Å². The molecule has 0 unspecified atom stereocenters. The van der Waals surface area contributed by atoms with Gasteiger partial charge in [-0.2, -0.15) is 12.6 Å². The molecule has 0 fully saturated rings. The number of hydrogen-bond acceptors (Lipinski definition) is 2. The lowest BCUT2D eigenvalue weighted by Gasteiger charge is -1.96. The normalized spacial score (nSPS) is 10.5. The fraction of sp³-hybridized carbons (Fsp3) is 0.250. The zero-order chi connectivity index (χ0) is 10.7. The van der Waals surface area contributed by atoms with Crippen LogP contribution in [0.1, 0.15) is 11.5 Å². The Labute approximate surface area is 95.2 Å². The van der Waals surface area contributed by atoms with E-state index in [-0.39, 0.29) is 0 Å². The summed E-state index contributed by atoms with van der Waals surface area (Å²) in [5, 5.41) is 0. The second-order valence-electron chi connectivity index (χ2n) is 3.50. The van der Waals surface area contributed by atoms with Crippen LogP contribution in [0.5, 0.6) is 0 Å². The number of hydrogen-bond donors (Lipinski definition) is 2. The summed E-state index contributed by atoms with van der Waals surface area (Å²) in [5.74, 6) is 1.84. The molecular formula is C12H14N2S. The first kappa shape index (κ1) is 10.3. The summed E-state index contributed by atoms with van der Waals surface area (Å²) >= 11 is 4.20. The van der Waals surface area contributed by atoms with Gasteiger partial charge in [0.25, 0.3) is 0 Å². The molecule has 1 heterocycles. The standard InChI is InChI=1S/C12H14N2S/c1-9-12(10-5-3-2-4-6-10)14-11(13-9)7-8-15/h2-6,15H,7-8H2,1H3,(H,13,14). The summed E-state index contributed by atoms with van der Waals surface area (Å²) in [6.45, 7) is 2.05. The fourth-order valence-electron chi connectivity index (χ4n) is 1.62. The van der Waals surface area contributed by atoms with Gasteiger partial charge in [0.2, 0.25) is 0 Å². The molecule has 0 atom stereocenters. The Kier molecular flexibility index (Phi) is 3.11. The smallest absolute Gasteiger partial charge is 0.107 e. The van der Waals surface area contributed by atoms with E-state index in [1.165, 1.54) is 0 Å². The molecule has 1 N–H and O–H groups in total. The average molecular weight is 218 g/mol. The van der Waals surface area contributed by atoms with E-state index in [0.29, 0.717) is 0 Å². The number of nitrogens with one attached hydrogen (secondary N) is 1. The van der Waals surface area contributed by atoms with E-state index in [2.05, 4.69) is 41.7 Å². The van der Waals surface area contributed by atoms with Crippen molar-refractivity contribution in [2.45, 2.75) is 13.3 Å². The molecule has 15 heavy (non-hydrogen) atoms. The van der Waals surface area contributed by atoms with Crippen LogP contribution >= 0.6 is 12.6 Å². The van der Waals surface area contributed by atoms with Gasteiger partial charge in [0.05, 0.1) is 5.69 Å². The maximum absolute atomic E-state index is 4.57. The first-order valence-corrected chi connectivity index (χ1v) is 5.66. The summed E-state index contributed by atoms with van der Waals surface area (Å²) in [4.78, 5) is 7.85. The van der Waals surface area contributed by atoms with Gasteiger partial charge in [-0.1, -0.05) is 30.3 Å². The molecule has 2 aromatic rings. The molecule has 0 amide bonds. The molecule has 78 valence electrons. The van der Waals surface area contributed by atoms with Crippen LogP contribution in [0.4, 0.5) is 0 Å². The Morgan fingerprint density at radius 2 is 2.00 bits per heavy atom. The summed E-state index contributed by atoms with van der Waals surface area (Å²) in [6.07, 6.45) is 0.886. The predicted octanol–water partition coefficient (Wildman–Crippen LogP) is 2.86. The maximum Gasteiger partial charge on any atom is 0.107 e. The van der Waals surface area contributed by atoms with Crippen LogP contribution in [0.2, 0.25) is 0 Å². The first-order valence-electron chi connectivity index (χ1n) is 5.03. The van der Waals surface area contributed by atoms with Crippen molar-refractivity contribution >= 4 is 12.6 Å². The molecule has 0 radical (unpaired) electrons. The fourth-order valence-corrected chi connectivity index (χ4v) is 1.84. The van der Waals surface area contributed by atoms with E-state index in [4.69, 9.17) is 0 Å². The van der Waals surface area contributed by atoms with E-state index in [1.54, 1.807) is 0 Å². The second-order valence-corrected chi connectivity index (χ2v) is 3.94. The minimum Gasteiger partial charge on any atom is -0.346 e. The van der Waals surface area contributed by atoms with Crippen LogP contribution in [0.15, 0.2) is 30.3 Å². The van der Waals surface area contributed by atoms with Crippen LogP contribution in [-0.4, -0.2) is 15.7 Å². The molecule has 3 heteroatoms. The number of H-pyrrole nitrogens is 1. The summed E-state index contributed by atoms with van der Waals surface area (Å²) < 4.78 is 0. The minimum absolute atomic E-state index is 0.821. The molecule has 0 saturated carbocycles. The molecule has 1 aromatic carbocycles. The highest BCUT2D eigenvalue weighted by molar-refractivity contribution is 7.80. The minimum atomic E-state index is 0.821. The molecule has 0 spiro atoms. The van der Waals surface area contributed by atoms with Gasteiger partial charge in [0.1, 0.15) is 5.82 Å². The van der Waals surface area contributed by atoms with Crippen LogP contribution in [-0.2, 0) is 6.42 Å². The van der Waals surface area contributed by atoms with Gasteiger partial charge in [-0.25, -0.2) is 4.98 Å². The zero-order valence-electron chi connectivity index (χ0n) is 8.70. The van der Waals surface area contributed by atoms with Crippen molar-refractivity contribution in [3.63, 3.8) is 0 Å². The molecule has 0 aliphatic carbocycles. The Morgan fingerprint density at radius 1 is 1.27 bits per heavy atom. The molecule has 2 nitrogen and oxygen atoms in total. The van der Waals surface area contributed by atoms with Crippen molar-refractivity contribution < 1.29 is 0 Å². The molecule has 0 aliphatic heterocycles. The van der Waals surface area contributed by atoms with Crippen LogP contribution in [0.25, 0.3) is 11.3 Å². The Balaban J connectivity index is 2.36. The molecule has 0 bridgehead atoms. The highest BCUT2D eigenvalue weighted by atomic mass is 32.1. The number of thiol groups is 1. The van der Waals surface area contributed by atoms with Crippen molar-refractivity contribution in [2.24, 2.45) is 0 Å². The number of aromatic amines is 1. The van der Waals surface area contributed by atoms with Crippen molar-refractivity contribution in [3.8, 4) is 11.3 Å². The lowest BCUT2D eigenvalue weighted by molar-refractivity contribution is 0.995. The largest absolute Gasteiger partial charge is 0.346 e. The third kappa shape index (κ3) is 2.23. The van der Waals surface area contributed by atoms with Crippen LogP contribution in [0, 0.1) is 6.92 Å². The molecule has 2 rings (SSSR count). The van der Waals surface area contributed by atoms with Crippen molar-refractivity contribution in [1.82, 2.24) is 9.97 Å². The highest BCUT2D eigenvalue weighted by Gasteiger charge is 2.07. The number of aryl methyl sites for hydroxylation is 2. The van der Waals surface area contributed by atoms with Gasteiger partial charge in [-0.05, 0) is 12.7 Å². The van der Waals surface area contributed by atoms with Gasteiger partial charge in [0.15, 0.2) is 0 Å². The molecule has 0 aliphatic rings. The second kappa shape index (κ2) is 4.53. The highest BCUT2D eigenvalue weighted by Crippen LogP contribution is 2.20. The Bertz CT molecular complexity index is 434. The average Bonchev–Trinajstić information content (AvgIpc) is 2.61. The first-order chi connectivity index (χ1) is 7.31. The maximum atomic E-state index is 4.57. The van der Waals surface area contributed by atoms with Gasteiger partial charge >= 0.3 is 0 Å². The van der Waals surface area contributed by atoms with E-state index in [0.717, 1.165) is 34.9 Å². The number of nitrogens with zero attached hydrogens (tertiary/aromatic N) is 1. The molecular weight excluding hydrogens is 204 g/mol. The van der Waals surface area contributed by atoms with Gasteiger partial charge in [-0.3, -0.25) is 0 Å². The van der Waals surface area contributed by atoms with E-state index < -0.39 is 0 Å².